The lowest BCUT2D eigenvalue weighted by molar-refractivity contribution is -0.138. The zero-order valence-electron chi connectivity index (χ0n) is 9.77. The van der Waals surface area contributed by atoms with Gasteiger partial charge in [-0.05, 0) is 26.0 Å². The highest BCUT2D eigenvalue weighted by Gasteiger charge is 2.27. The molecule has 1 N–H and O–H groups in total. The number of carbonyl (C=O) groups is 1. The molecule has 0 spiro atoms. The first-order valence-corrected chi connectivity index (χ1v) is 6.54. The van der Waals surface area contributed by atoms with Gasteiger partial charge in [0.25, 0.3) is 0 Å². The van der Waals surface area contributed by atoms with E-state index in [2.05, 4.69) is 0 Å². The summed E-state index contributed by atoms with van der Waals surface area (Å²) in [4.78, 5) is 10.9. The SMILES string of the molecule is CC(C)(SCCOc1ccccc1Cl)C(=O)O. The van der Waals surface area contributed by atoms with Crippen molar-refractivity contribution in [1.82, 2.24) is 0 Å². The van der Waals surface area contributed by atoms with Gasteiger partial charge in [-0.25, -0.2) is 0 Å². The molecule has 3 nitrogen and oxygen atoms in total. The molecule has 0 aliphatic rings. The Morgan fingerprint density at radius 1 is 1.47 bits per heavy atom. The molecule has 0 atom stereocenters. The molecule has 0 heterocycles. The van der Waals surface area contributed by atoms with Gasteiger partial charge >= 0.3 is 5.97 Å². The van der Waals surface area contributed by atoms with E-state index in [1.165, 1.54) is 11.8 Å². The molecule has 0 aromatic heterocycles. The second-order valence-electron chi connectivity index (χ2n) is 3.94. The summed E-state index contributed by atoms with van der Waals surface area (Å²) in [5.74, 6) is 0.410. The highest BCUT2D eigenvalue weighted by molar-refractivity contribution is 8.01. The lowest BCUT2D eigenvalue weighted by Gasteiger charge is -2.18. The van der Waals surface area contributed by atoms with Crippen LogP contribution in [0.5, 0.6) is 5.75 Å². The Morgan fingerprint density at radius 2 is 2.12 bits per heavy atom. The van der Waals surface area contributed by atoms with Gasteiger partial charge in [0.05, 0.1) is 11.6 Å². The van der Waals surface area contributed by atoms with Gasteiger partial charge < -0.3 is 9.84 Å². The van der Waals surface area contributed by atoms with Gasteiger partial charge in [0.1, 0.15) is 10.5 Å². The van der Waals surface area contributed by atoms with Gasteiger partial charge in [0.2, 0.25) is 0 Å². The summed E-state index contributed by atoms with van der Waals surface area (Å²) in [6.45, 7) is 3.79. The number of para-hydroxylation sites is 1. The van der Waals surface area contributed by atoms with Crippen LogP contribution in [0.4, 0.5) is 0 Å². The number of hydrogen-bond donors (Lipinski definition) is 1. The van der Waals surface area contributed by atoms with Crippen LogP contribution in [0.3, 0.4) is 0 Å². The lowest BCUT2D eigenvalue weighted by atomic mass is 10.2. The lowest BCUT2D eigenvalue weighted by Crippen LogP contribution is -2.28. The minimum absolute atomic E-state index is 0.436. The van der Waals surface area contributed by atoms with Gasteiger partial charge in [0.15, 0.2) is 0 Å². The number of hydrogen-bond acceptors (Lipinski definition) is 3. The van der Waals surface area contributed by atoms with Crippen molar-refractivity contribution in [2.45, 2.75) is 18.6 Å². The number of aliphatic carboxylic acids is 1. The van der Waals surface area contributed by atoms with Crippen LogP contribution >= 0.6 is 23.4 Å². The summed E-state index contributed by atoms with van der Waals surface area (Å²) in [7, 11) is 0. The third-order valence-corrected chi connectivity index (χ3v) is 3.73. The van der Waals surface area contributed by atoms with E-state index in [0.717, 1.165) is 0 Å². The normalized spacial score (nSPS) is 11.2. The first-order valence-electron chi connectivity index (χ1n) is 5.18. The van der Waals surface area contributed by atoms with Crippen LogP contribution in [0.15, 0.2) is 24.3 Å². The van der Waals surface area contributed by atoms with E-state index < -0.39 is 10.7 Å². The summed E-state index contributed by atoms with van der Waals surface area (Å²) in [5, 5.41) is 9.48. The van der Waals surface area contributed by atoms with Crippen LogP contribution in [-0.4, -0.2) is 28.2 Å². The topological polar surface area (TPSA) is 46.5 Å². The van der Waals surface area contributed by atoms with Gasteiger partial charge in [-0.15, -0.1) is 11.8 Å². The highest BCUT2D eigenvalue weighted by atomic mass is 35.5. The van der Waals surface area contributed by atoms with Crippen LogP contribution in [0.25, 0.3) is 0 Å². The van der Waals surface area contributed by atoms with Crippen molar-refractivity contribution in [2.75, 3.05) is 12.4 Å². The molecule has 0 unspecified atom stereocenters. The number of carboxylic acid groups (broad SMARTS) is 1. The standard InChI is InChI=1S/C12H15ClO3S/c1-12(2,11(14)15)17-8-7-16-10-6-4-3-5-9(10)13/h3-6H,7-8H2,1-2H3,(H,14,15). The van der Waals surface area contributed by atoms with Crippen molar-refractivity contribution in [1.29, 1.82) is 0 Å². The molecule has 94 valence electrons. The zero-order valence-corrected chi connectivity index (χ0v) is 11.3. The van der Waals surface area contributed by atoms with Gasteiger partial charge in [-0.1, -0.05) is 23.7 Å². The number of rotatable bonds is 6. The molecular weight excluding hydrogens is 260 g/mol. The van der Waals surface area contributed by atoms with Crippen LogP contribution in [0.2, 0.25) is 5.02 Å². The number of benzene rings is 1. The third kappa shape index (κ3) is 4.48. The van der Waals surface area contributed by atoms with E-state index in [1.807, 2.05) is 12.1 Å². The van der Waals surface area contributed by atoms with E-state index in [0.29, 0.717) is 23.1 Å². The predicted octanol–water partition coefficient (Wildman–Crippen LogP) is 3.32. The number of halogens is 1. The van der Waals surface area contributed by atoms with Crippen molar-refractivity contribution in [3.05, 3.63) is 29.3 Å². The summed E-state index contributed by atoms with van der Waals surface area (Å²) >= 11 is 7.26. The molecule has 5 heteroatoms. The molecule has 17 heavy (non-hydrogen) atoms. The predicted molar refractivity (Wildman–Crippen MR) is 71.1 cm³/mol. The highest BCUT2D eigenvalue weighted by Crippen LogP contribution is 2.26. The van der Waals surface area contributed by atoms with Crippen molar-refractivity contribution >= 4 is 29.3 Å². The fourth-order valence-corrected chi connectivity index (χ4v) is 2.06. The Kier molecular flexibility index (Phi) is 5.15. The zero-order chi connectivity index (χ0) is 12.9. The molecule has 0 amide bonds. The Balaban J connectivity index is 2.35. The number of thioether (sulfide) groups is 1. The van der Waals surface area contributed by atoms with E-state index in [4.69, 9.17) is 21.4 Å². The van der Waals surface area contributed by atoms with E-state index in [-0.39, 0.29) is 0 Å². The molecule has 0 aliphatic carbocycles. The fraction of sp³-hybridized carbons (Fsp3) is 0.417. The Morgan fingerprint density at radius 3 is 2.71 bits per heavy atom. The molecule has 0 saturated carbocycles. The van der Waals surface area contributed by atoms with E-state index in [1.54, 1.807) is 26.0 Å². The molecule has 0 aliphatic heterocycles. The second-order valence-corrected chi connectivity index (χ2v) is 6.07. The van der Waals surface area contributed by atoms with Crippen LogP contribution < -0.4 is 4.74 Å². The smallest absolute Gasteiger partial charge is 0.319 e. The third-order valence-electron chi connectivity index (χ3n) is 2.16. The Labute approximate surface area is 110 Å². The van der Waals surface area contributed by atoms with E-state index >= 15 is 0 Å². The van der Waals surface area contributed by atoms with E-state index in [9.17, 15) is 4.79 Å². The molecule has 1 rings (SSSR count). The second kappa shape index (κ2) is 6.17. The summed E-state index contributed by atoms with van der Waals surface area (Å²) < 4.78 is 4.68. The number of ether oxygens (including phenoxy) is 1. The Bertz CT molecular complexity index is 393. The summed E-state index contributed by atoms with van der Waals surface area (Å²) in [6.07, 6.45) is 0. The van der Waals surface area contributed by atoms with Crippen molar-refractivity contribution in [3.63, 3.8) is 0 Å². The molecule has 1 aromatic rings. The van der Waals surface area contributed by atoms with Crippen LogP contribution in [0, 0.1) is 0 Å². The monoisotopic (exact) mass is 274 g/mol. The maximum absolute atomic E-state index is 10.9. The van der Waals surface area contributed by atoms with Crippen LogP contribution in [-0.2, 0) is 4.79 Å². The maximum Gasteiger partial charge on any atom is 0.319 e. The molecule has 0 bridgehead atoms. The molecular formula is C12H15ClO3S. The molecule has 0 fully saturated rings. The van der Waals surface area contributed by atoms with Gasteiger partial charge in [-0.3, -0.25) is 4.79 Å². The number of carboxylic acids is 1. The molecule has 0 radical (unpaired) electrons. The van der Waals surface area contributed by atoms with Gasteiger partial charge in [0, 0.05) is 5.75 Å². The average Bonchev–Trinajstić information content (AvgIpc) is 2.26. The van der Waals surface area contributed by atoms with Crippen LogP contribution in [0.1, 0.15) is 13.8 Å². The fourth-order valence-electron chi connectivity index (χ4n) is 1.07. The minimum Gasteiger partial charge on any atom is -0.491 e. The Hall–Kier alpha value is -0.870. The maximum atomic E-state index is 10.9. The molecule has 1 aromatic carbocycles. The van der Waals surface area contributed by atoms with Gasteiger partial charge in [-0.2, -0.15) is 0 Å². The first kappa shape index (κ1) is 14.2. The first-order chi connectivity index (χ1) is 7.93. The summed E-state index contributed by atoms with van der Waals surface area (Å²) in [6, 6.07) is 7.22. The quantitative estimate of drug-likeness (QED) is 0.809. The largest absolute Gasteiger partial charge is 0.491 e. The van der Waals surface area contributed by atoms with Crippen molar-refractivity contribution in [3.8, 4) is 5.75 Å². The van der Waals surface area contributed by atoms with Crippen molar-refractivity contribution < 1.29 is 14.6 Å². The minimum atomic E-state index is -0.819. The average molecular weight is 275 g/mol. The molecule has 0 saturated heterocycles. The summed E-state index contributed by atoms with van der Waals surface area (Å²) in [5.41, 5.74) is 0. The van der Waals surface area contributed by atoms with Crippen molar-refractivity contribution in [2.24, 2.45) is 0 Å².